The molecule has 0 saturated carbocycles. The first kappa shape index (κ1) is 20.3. The van der Waals surface area contributed by atoms with E-state index in [1.54, 1.807) is 0 Å². The quantitative estimate of drug-likeness (QED) is 0.387. The van der Waals surface area contributed by atoms with Crippen molar-refractivity contribution in [3.05, 3.63) is 117 Å². The highest BCUT2D eigenvalue weighted by molar-refractivity contribution is 7.15. The molecule has 0 radical (unpaired) electrons. The second-order valence-corrected chi connectivity index (χ2v) is 9.00. The van der Waals surface area contributed by atoms with E-state index in [1.807, 2.05) is 109 Å². The lowest BCUT2D eigenvalue weighted by molar-refractivity contribution is 0.884. The summed E-state index contributed by atoms with van der Waals surface area (Å²) < 4.78 is 3.79. The van der Waals surface area contributed by atoms with Gasteiger partial charge in [-0.1, -0.05) is 89.7 Å². The molecule has 0 atom stereocenters. The second kappa shape index (κ2) is 8.20. The number of para-hydroxylation sites is 1. The largest absolute Gasteiger partial charge is 0.291 e. The third-order valence-corrected chi connectivity index (χ3v) is 6.55. The number of aromatic nitrogens is 5. The Morgan fingerprint density at radius 3 is 2.24 bits per heavy atom. The van der Waals surface area contributed by atoms with Gasteiger partial charge in [-0.05, 0) is 25.1 Å². The smallest absolute Gasteiger partial charge is 0.266 e. The van der Waals surface area contributed by atoms with Gasteiger partial charge in [0.25, 0.3) is 5.56 Å². The highest BCUT2D eigenvalue weighted by atomic mass is 32.1. The summed E-state index contributed by atoms with van der Waals surface area (Å²) in [6.07, 6.45) is 3.83. The van der Waals surface area contributed by atoms with E-state index in [9.17, 15) is 4.79 Å². The Labute approximate surface area is 199 Å². The van der Waals surface area contributed by atoms with Gasteiger partial charge in [0, 0.05) is 22.9 Å². The molecule has 0 bridgehead atoms. The average molecular weight is 462 g/mol. The van der Waals surface area contributed by atoms with Gasteiger partial charge in [-0.3, -0.25) is 4.79 Å². The minimum atomic E-state index is -0.183. The molecule has 0 fully saturated rings. The van der Waals surface area contributed by atoms with Gasteiger partial charge in [-0.2, -0.15) is 14.6 Å². The van der Waals surface area contributed by atoms with Crippen molar-refractivity contribution in [2.75, 3.05) is 0 Å². The number of fused-ring (bicyclic) bond motifs is 1. The fourth-order valence-electron chi connectivity index (χ4n) is 3.83. The van der Waals surface area contributed by atoms with E-state index in [4.69, 9.17) is 5.10 Å². The van der Waals surface area contributed by atoms with E-state index in [0.717, 1.165) is 33.6 Å². The Kier molecular flexibility index (Phi) is 4.89. The molecule has 0 spiro atoms. The van der Waals surface area contributed by atoms with E-state index < -0.39 is 0 Å². The molecule has 0 N–H and O–H groups in total. The average Bonchev–Trinajstić information content (AvgIpc) is 3.56. The van der Waals surface area contributed by atoms with E-state index in [2.05, 4.69) is 10.1 Å². The van der Waals surface area contributed by atoms with Crippen molar-refractivity contribution in [3.63, 3.8) is 0 Å². The van der Waals surface area contributed by atoms with Gasteiger partial charge in [0.1, 0.15) is 0 Å². The van der Waals surface area contributed by atoms with Crippen molar-refractivity contribution >= 4 is 22.4 Å². The molecule has 3 heterocycles. The zero-order valence-electron chi connectivity index (χ0n) is 18.3. The van der Waals surface area contributed by atoms with Gasteiger partial charge < -0.3 is 0 Å². The molecule has 7 heteroatoms. The molecule has 6 aromatic rings. The van der Waals surface area contributed by atoms with Gasteiger partial charge in [-0.25, -0.2) is 4.68 Å². The first-order valence-electron chi connectivity index (χ1n) is 10.8. The maximum absolute atomic E-state index is 13.2. The van der Waals surface area contributed by atoms with Crippen molar-refractivity contribution in [1.29, 1.82) is 0 Å². The first-order chi connectivity index (χ1) is 16.7. The standard InChI is InChI=1S/C27H19N5OS/c1-18-12-14-20(15-13-18)25-28-27-32(30-25)26(33)23(34-27)16-21-17-31(22-10-6-3-7-11-22)29-24(21)19-8-4-2-5-9-19/h2-17H,1H3/b23-16+. The predicted octanol–water partition coefficient (Wildman–Crippen LogP) is 4.53. The zero-order valence-corrected chi connectivity index (χ0v) is 19.1. The van der Waals surface area contributed by atoms with Crippen LogP contribution in [0.1, 0.15) is 11.1 Å². The maximum Gasteiger partial charge on any atom is 0.291 e. The summed E-state index contributed by atoms with van der Waals surface area (Å²) in [5, 5.41) is 9.30. The van der Waals surface area contributed by atoms with Crippen molar-refractivity contribution in [3.8, 4) is 28.3 Å². The molecule has 3 aromatic heterocycles. The van der Waals surface area contributed by atoms with Crippen LogP contribution in [-0.4, -0.2) is 24.4 Å². The molecule has 0 amide bonds. The fraction of sp³-hybridized carbons (Fsp3) is 0.0370. The SMILES string of the molecule is Cc1ccc(-c2nc3s/c(=C/c4cn(-c5ccccc5)nc4-c4ccccc4)c(=O)n3n2)cc1. The van der Waals surface area contributed by atoms with Gasteiger partial charge in [-0.15, -0.1) is 5.10 Å². The number of benzene rings is 3. The summed E-state index contributed by atoms with van der Waals surface area (Å²) in [6.45, 7) is 2.03. The summed E-state index contributed by atoms with van der Waals surface area (Å²) in [4.78, 5) is 18.3. The minimum Gasteiger partial charge on any atom is -0.266 e. The van der Waals surface area contributed by atoms with Crippen LogP contribution in [0.15, 0.2) is 95.9 Å². The van der Waals surface area contributed by atoms with Crippen molar-refractivity contribution in [1.82, 2.24) is 24.4 Å². The Bertz CT molecular complexity index is 1720. The van der Waals surface area contributed by atoms with E-state index in [1.165, 1.54) is 15.9 Å². The van der Waals surface area contributed by atoms with Gasteiger partial charge in [0.2, 0.25) is 4.96 Å². The fourth-order valence-corrected chi connectivity index (χ4v) is 4.72. The van der Waals surface area contributed by atoms with Gasteiger partial charge in [0.05, 0.1) is 15.9 Å². The maximum atomic E-state index is 13.2. The van der Waals surface area contributed by atoms with Crippen molar-refractivity contribution < 1.29 is 0 Å². The number of rotatable bonds is 4. The van der Waals surface area contributed by atoms with Crippen molar-refractivity contribution in [2.24, 2.45) is 0 Å². The van der Waals surface area contributed by atoms with Crippen LogP contribution in [0, 0.1) is 6.92 Å². The zero-order chi connectivity index (χ0) is 23.1. The lowest BCUT2D eigenvalue weighted by atomic mass is 10.1. The molecular weight excluding hydrogens is 442 g/mol. The van der Waals surface area contributed by atoms with Crippen molar-refractivity contribution in [2.45, 2.75) is 6.92 Å². The Morgan fingerprint density at radius 2 is 1.53 bits per heavy atom. The summed E-state index contributed by atoms with van der Waals surface area (Å²) in [5.41, 5.74) is 5.47. The molecule has 0 aliphatic heterocycles. The molecule has 6 nitrogen and oxygen atoms in total. The number of nitrogens with zero attached hydrogens (tertiary/aromatic N) is 5. The van der Waals surface area contributed by atoms with E-state index >= 15 is 0 Å². The summed E-state index contributed by atoms with van der Waals surface area (Å²) in [6, 6.07) is 27.9. The summed E-state index contributed by atoms with van der Waals surface area (Å²) in [5.74, 6) is 0.553. The molecule has 0 aliphatic rings. The molecule has 3 aromatic carbocycles. The highest BCUT2D eigenvalue weighted by Gasteiger charge is 2.14. The monoisotopic (exact) mass is 461 g/mol. The number of aryl methyl sites for hydroxylation is 1. The summed E-state index contributed by atoms with van der Waals surface area (Å²) in [7, 11) is 0. The van der Waals surface area contributed by atoms with Gasteiger partial charge >= 0.3 is 0 Å². The highest BCUT2D eigenvalue weighted by Crippen LogP contribution is 2.24. The van der Waals surface area contributed by atoms with Crippen LogP contribution in [0.2, 0.25) is 0 Å². The molecule has 164 valence electrons. The minimum absolute atomic E-state index is 0.183. The van der Waals surface area contributed by atoms with Crippen LogP contribution in [0.3, 0.4) is 0 Å². The molecule has 0 aliphatic carbocycles. The normalized spacial score (nSPS) is 12.0. The number of hydrogen-bond donors (Lipinski definition) is 0. The summed E-state index contributed by atoms with van der Waals surface area (Å²) >= 11 is 1.33. The van der Waals surface area contributed by atoms with Crippen LogP contribution in [0.5, 0.6) is 0 Å². The molecular formula is C27H19N5OS. The number of hydrogen-bond acceptors (Lipinski definition) is 5. The van der Waals surface area contributed by atoms with E-state index in [-0.39, 0.29) is 5.56 Å². The molecule has 34 heavy (non-hydrogen) atoms. The lowest BCUT2D eigenvalue weighted by Gasteiger charge is -2.00. The van der Waals surface area contributed by atoms with E-state index in [0.29, 0.717) is 15.3 Å². The van der Waals surface area contributed by atoms with Crippen LogP contribution in [0.25, 0.3) is 39.4 Å². The number of thiazole rings is 1. The molecule has 0 unspecified atom stereocenters. The van der Waals surface area contributed by atoms with Crippen LogP contribution in [0.4, 0.5) is 0 Å². The Balaban J connectivity index is 1.48. The topological polar surface area (TPSA) is 65.1 Å². The second-order valence-electron chi connectivity index (χ2n) is 7.99. The predicted molar refractivity (Wildman–Crippen MR) is 135 cm³/mol. The van der Waals surface area contributed by atoms with Gasteiger partial charge in [0.15, 0.2) is 5.82 Å². The Morgan fingerprint density at radius 1 is 0.824 bits per heavy atom. The first-order valence-corrected chi connectivity index (χ1v) is 11.7. The lowest BCUT2D eigenvalue weighted by Crippen LogP contribution is -2.23. The van der Waals surface area contributed by atoms with Crippen LogP contribution in [-0.2, 0) is 0 Å². The molecule has 0 saturated heterocycles. The third-order valence-electron chi connectivity index (χ3n) is 5.59. The van der Waals surface area contributed by atoms with Crippen LogP contribution < -0.4 is 10.1 Å². The molecule has 6 rings (SSSR count). The Hall–Kier alpha value is -4.36. The van der Waals surface area contributed by atoms with Crippen LogP contribution >= 0.6 is 11.3 Å². The third kappa shape index (κ3) is 3.62.